The van der Waals surface area contributed by atoms with E-state index in [-0.39, 0.29) is 11.9 Å². The Morgan fingerprint density at radius 1 is 1.23 bits per heavy atom. The maximum atomic E-state index is 12.4. The summed E-state index contributed by atoms with van der Waals surface area (Å²) in [6, 6.07) is 12.4. The zero-order valence-electron chi connectivity index (χ0n) is 14.6. The highest BCUT2D eigenvalue weighted by molar-refractivity contribution is 7.13. The maximum Gasteiger partial charge on any atom is 0.227 e. The number of thiazole rings is 1. The molecule has 2 aromatic heterocycles. The number of thiophene rings is 1. The first-order valence-electron chi connectivity index (χ1n) is 8.66. The Balaban J connectivity index is 1.42. The van der Waals surface area contributed by atoms with Gasteiger partial charge in [-0.3, -0.25) is 4.79 Å². The second-order valence-electron chi connectivity index (χ2n) is 6.37. The lowest BCUT2D eigenvalue weighted by molar-refractivity contribution is -0.117. The van der Waals surface area contributed by atoms with Gasteiger partial charge < -0.3 is 9.64 Å². The summed E-state index contributed by atoms with van der Waals surface area (Å²) in [5.74, 6) is 0.174. The number of aromatic nitrogens is 1. The van der Waals surface area contributed by atoms with Crippen LogP contribution in [0.25, 0.3) is 10.6 Å². The zero-order chi connectivity index (χ0) is 17.9. The number of rotatable bonds is 6. The van der Waals surface area contributed by atoms with Gasteiger partial charge in [0.05, 0.1) is 19.3 Å². The highest BCUT2D eigenvalue weighted by atomic mass is 32.1. The Hall–Kier alpha value is -2.02. The van der Waals surface area contributed by atoms with E-state index in [9.17, 15) is 4.79 Å². The fraction of sp³-hybridized carbons (Fsp3) is 0.300. The summed E-state index contributed by atoms with van der Waals surface area (Å²) in [6.07, 6.45) is 3.23. The Labute approximate surface area is 161 Å². The Morgan fingerprint density at radius 3 is 2.77 bits per heavy atom. The van der Waals surface area contributed by atoms with Crippen LogP contribution >= 0.6 is 22.7 Å². The summed E-state index contributed by atoms with van der Waals surface area (Å²) in [5, 5.41) is 2.96. The number of anilines is 1. The SMILES string of the molecule is Cc1ccc(COC[C@H]2CCC(=O)N2c2ccc(-c3nccs3)cc2)s1. The molecule has 0 aliphatic carbocycles. The fourth-order valence-corrected chi connectivity index (χ4v) is 4.72. The van der Waals surface area contributed by atoms with Crippen LogP contribution in [0.5, 0.6) is 0 Å². The van der Waals surface area contributed by atoms with Crippen molar-refractivity contribution in [3.63, 3.8) is 0 Å². The van der Waals surface area contributed by atoms with Gasteiger partial charge in [0.25, 0.3) is 0 Å². The van der Waals surface area contributed by atoms with Crippen molar-refractivity contribution in [1.29, 1.82) is 0 Å². The second kappa shape index (κ2) is 7.70. The van der Waals surface area contributed by atoms with Gasteiger partial charge in [-0.2, -0.15) is 0 Å². The van der Waals surface area contributed by atoms with Gasteiger partial charge in [-0.05, 0) is 49.7 Å². The third kappa shape index (κ3) is 3.72. The molecule has 1 atom stereocenters. The van der Waals surface area contributed by atoms with Gasteiger partial charge in [-0.15, -0.1) is 22.7 Å². The lowest BCUT2D eigenvalue weighted by atomic mass is 10.2. The predicted octanol–water partition coefficient (Wildman–Crippen LogP) is 4.89. The second-order valence-corrected chi connectivity index (χ2v) is 8.63. The molecule has 0 spiro atoms. The normalized spacial score (nSPS) is 17.2. The molecule has 1 amide bonds. The molecule has 3 heterocycles. The molecule has 3 aromatic rings. The Bertz CT molecular complexity index is 872. The standard InChI is InChI=1S/C20H20N2O2S2/c1-14-2-8-18(26-14)13-24-12-17-7-9-19(23)22(17)16-5-3-15(4-6-16)20-21-10-11-25-20/h2-6,8,10-11,17H,7,9,12-13H2,1H3/t17-/m1/s1. The molecular formula is C20H20N2O2S2. The maximum absolute atomic E-state index is 12.4. The van der Waals surface area contributed by atoms with Gasteiger partial charge in [0.2, 0.25) is 5.91 Å². The van der Waals surface area contributed by atoms with Crippen LogP contribution in [0.15, 0.2) is 48.0 Å². The molecule has 0 saturated carbocycles. The zero-order valence-corrected chi connectivity index (χ0v) is 16.2. The Morgan fingerprint density at radius 2 is 2.08 bits per heavy atom. The van der Waals surface area contributed by atoms with E-state index in [1.54, 1.807) is 28.9 Å². The minimum absolute atomic E-state index is 0.106. The number of ether oxygens (including phenoxy) is 1. The summed E-state index contributed by atoms with van der Waals surface area (Å²) in [5.41, 5.74) is 2.02. The molecule has 0 bridgehead atoms. The van der Waals surface area contributed by atoms with Crippen molar-refractivity contribution in [2.75, 3.05) is 11.5 Å². The molecule has 26 heavy (non-hydrogen) atoms. The van der Waals surface area contributed by atoms with E-state index in [1.165, 1.54) is 9.75 Å². The summed E-state index contributed by atoms with van der Waals surface area (Å²) in [7, 11) is 0. The van der Waals surface area contributed by atoms with Gasteiger partial charge >= 0.3 is 0 Å². The number of nitrogens with zero attached hydrogens (tertiary/aromatic N) is 2. The minimum Gasteiger partial charge on any atom is -0.374 e. The molecule has 134 valence electrons. The molecule has 0 unspecified atom stereocenters. The summed E-state index contributed by atoms with van der Waals surface area (Å²) >= 11 is 3.37. The van der Waals surface area contributed by atoms with Crippen LogP contribution in [-0.4, -0.2) is 23.5 Å². The third-order valence-electron chi connectivity index (χ3n) is 4.50. The van der Waals surface area contributed by atoms with E-state index in [1.807, 2.05) is 34.5 Å². The topological polar surface area (TPSA) is 42.4 Å². The molecule has 1 fully saturated rings. The summed E-state index contributed by atoms with van der Waals surface area (Å²) in [6.45, 7) is 3.28. The van der Waals surface area contributed by atoms with Gasteiger partial charge in [-0.1, -0.05) is 0 Å². The van der Waals surface area contributed by atoms with Gasteiger partial charge in [0, 0.05) is 39.0 Å². The van der Waals surface area contributed by atoms with Gasteiger partial charge in [-0.25, -0.2) is 4.98 Å². The number of benzene rings is 1. The molecule has 4 rings (SSSR count). The smallest absolute Gasteiger partial charge is 0.227 e. The van der Waals surface area contributed by atoms with Crippen molar-refractivity contribution in [3.8, 4) is 10.6 Å². The summed E-state index contributed by atoms with van der Waals surface area (Å²) < 4.78 is 5.91. The highest BCUT2D eigenvalue weighted by Crippen LogP contribution is 2.30. The van der Waals surface area contributed by atoms with Crippen LogP contribution in [0.2, 0.25) is 0 Å². The van der Waals surface area contributed by atoms with Crippen LogP contribution in [0.3, 0.4) is 0 Å². The highest BCUT2D eigenvalue weighted by Gasteiger charge is 2.32. The van der Waals surface area contributed by atoms with Gasteiger partial charge in [0.15, 0.2) is 0 Å². The molecule has 1 aliphatic heterocycles. The van der Waals surface area contributed by atoms with Crippen LogP contribution in [0.1, 0.15) is 22.6 Å². The van der Waals surface area contributed by atoms with Crippen LogP contribution < -0.4 is 4.90 Å². The van der Waals surface area contributed by atoms with Gasteiger partial charge in [0.1, 0.15) is 5.01 Å². The van der Waals surface area contributed by atoms with Crippen molar-refractivity contribution in [1.82, 2.24) is 4.98 Å². The first-order valence-corrected chi connectivity index (χ1v) is 10.4. The van der Waals surface area contributed by atoms with Crippen molar-refractivity contribution in [3.05, 3.63) is 57.7 Å². The monoisotopic (exact) mass is 384 g/mol. The van der Waals surface area contributed by atoms with Crippen molar-refractivity contribution in [2.24, 2.45) is 0 Å². The van der Waals surface area contributed by atoms with Crippen LogP contribution in [0, 0.1) is 6.92 Å². The average Bonchev–Trinajstić information content (AvgIpc) is 3.38. The number of hydrogen-bond acceptors (Lipinski definition) is 5. The van der Waals surface area contributed by atoms with Crippen molar-refractivity contribution in [2.45, 2.75) is 32.4 Å². The number of carbonyl (C=O) groups is 1. The van der Waals surface area contributed by atoms with Crippen molar-refractivity contribution < 1.29 is 9.53 Å². The van der Waals surface area contributed by atoms with E-state index in [0.717, 1.165) is 22.7 Å². The van der Waals surface area contributed by atoms with Crippen LogP contribution in [0.4, 0.5) is 5.69 Å². The first kappa shape index (κ1) is 17.4. The summed E-state index contributed by atoms with van der Waals surface area (Å²) in [4.78, 5) is 21.1. The van der Waals surface area contributed by atoms with Crippen molar-refractivity contribution >= 4 is 34.3 Å². The number of hydrogen-bond donors (Lipinski definition) is 0. The molecule has 6 heteroatoms. The number of amides is 1. The lowest BCUT2D eigenvalue weighted by Crippen LogP contribution is -2.36. The van der Waals surface area contributed by atoms with E-state index >= 15 is 0 Å². The molecule has 4 nitrogen and oxygen atoms in total. The number of carbonyl (C=O) groups excluding carboxylic acids is 1. The third-order valence-corrected chi connectivity index (χ3v) is 6.30. The average molecular weight is 385 g/mol. The molecule has 0 radical (unpaired) electrons. The first-order chi connectivity index (χ1) is 12.7. The van der Waals surface area contributed by atoms with E-state index in [2.05, 4.69) is 24.0 Å². The molecule has 1 saturated heterocycles. The van der Waals surface area contributed by atoms with E-state index < -0.39 is 0 Å². The lowest BCUT2D eigenvalue weighted by Gasteiger charge is -2.25. The number of aryl methyl sites for hydroxylation is 1. The van der Waals surface area contributed by atoms with E-state index in [0.29, 0.717) is 19.6 Å². The molecule has 1 aliphatic rings. The Kier molecular flexibility index (Phi) is 5.15. The molecular weight excluding hydrogens is 364 g/mol. The minimum atomic E-state index is 0.106. The molecule has 0 N–H and O–H groups in total. The predicted molar refractivity (Wildman–Crippen MR) is 107 cm³/mol. The fourth-order valence-electron chi connectivity index (χ4n) is 3.24. The van der Waals surface area contributed by atoms with E-state index in [4.69, 9.17) is 4.74 Å². The van der Waals surface area contributed by atoms with Crippen LogP contribution in [-0.2, 0) is 16.1 Å². The largest absolute Gasteiger partial charge is 0.374 e. The quantitative estimate of drug-likeness (QED) is 0.607. The molecule has 1 aromatic carbocycles.